The molecule has 1 fully saturated rings. The molecule has 88 valence electrons. The number of tetrazole rings is 1. The van der Waals surface area contributed by atoms with Gasteiger partial charge in [-0.2, -0.15) is 4.68 Å². The highest BCUT2D eigenvalue weighted by molar-refractivity contribution is 5.31. The molecule has 0 bridgehead atoms. The molecule has 1 saturated carbocycles. The van der Waals surface area contributed by atoms with E-state index in [9.17, 15) is 4.39 Å². The van der Waals surface area contributed by atoms with Gasteiger partial charge < -0.3 is 5.32 Å². The fourth-order valence-electron chi connectivity index (χ4n) is 1.62. The number of nitrogens with zero attached hydrogens (tertiary/aromatic N) is 4. The summed E-state index contributed by atoms with van der Waals surface area (Å²) in [7, 11) is 0. The lowest BCUT2D eigenvalue weighted by Gasteiger charge is -2.04. The standard InChI is InChI=1S/C11H12FN5/c12-8-1-5-10(6-2-8)17-11(14-15-16-17)7-13-9-3-4-9/h1-2,5-6,9,13H,3-4,7H2. The molecule has 3 rings (SSSR count). The van der Waals surface area contributed by atoms with Gasteiger partial charge in [-0.25, -0.2) is 4.39 Å². The minimum atomic E-state index is -0.264. The molecule has 6 heteroatoms. The van der Waals surface area contributed by atoms with Crippen molar-refractivity contribution in [1.82, 2.24) is 25.5 Å². The maximum atomic E-state index is 12.8. The Bertz CT molecular complexity index is 503. The third kappa shape index (κ3) is 2.31. The number of benzene rings is 1. The molecule has 1 aliphatic rings. The molecule has 0 atom stereocenters. The number of rotatable bonds is 4. The normalized spacial score (nSPS) is 15.1. The van der Waals surface area contributed by atoms with Crippen LogP contribution in [0.2, 0.25) is 0 Å². The molecule has 1 heterocycles. The number of aromatic nitrogens is 4. The Labute approximate surface area is 97.6 Å². The van der Waals surface area contributed by atoms with Crippen molar-refractivity contribution in [2.75, 3.05) is 0 Å². The lowest BCUT2D eigenvalue weighted by Crippen LogP contribution is -2.18. The van der Waals surface area contributed by atoms with Crippen LogP contribution >= 0.6 is 0 Å². The van der Waals surface area contributed by atoms with Crippen LogP contribution in [0, 0.1) is 5.82 Å². The van der Waals surface area contributed by atoms with Crippen LogP contribution in [0.1, 0.15) is 18.7 Å². The van der Waals surface area contributed by atoms with Crippen LogP contribution < -0.4 is 5.32 Å². The summed E-state index contributed by atoms with van der Waals surface area (Å²) in [6.07, 6.45) is 2.44. The van der Waals surface area contributed by atoms with Crippen molar-refractivity contribution < 1.29 is 4.39 Å². The molecule has 1 N–H and O–H groups in total. The first-order valence-corrected chi connectivity index (χ1v) is 5.59. The van der Waals surface area contributed by atoms with Gasteiger partial charge in [-0.3, -0.25) is 0 Å². The zero-order valence-corrected chi connectivity index (χ0v) is 9.17. The third-order valence-electron chi connectivity index (χ3n) is 2.73. The van der Waals surface area contributed by atoms with E-state index in [1.54, 1.807) is 16.8 Å². The Balaban J connectivity index is 1.81. The van der Waals surface area contributed by atoms with Gasteiger partial charge in [0.15, 0.2) is 5.82 Å². The summed E-state index contributed by atoms with van der Waals surface area (Å²) >= 11 is 0. The lowest BCUT2D eigenvalue weighted by molar-refractivity contribution is 0.623. The summed E-state index contributed by atoms with van der Waals surface area (Å²) in [5, 5.41) is 14.9. The molecule has 0 amide bonds. The van der Waals surface area contributed by atoms with Crippen LogP contribution in [0.15, 0.2) is 24.3 Å². The summed E-state index contributed by atoms with van der Waals surface area (Å²) < 4.78 is 14.4. The number of halogens is 1. The average Bonchev–Trinajstić information content (AvgIpc) is 3.06. The Morgan fingerprint density at radius 3 is 2.76 bits per heavy atom. The number of nitrogens with one attached hydrogen (secondary N) is 1. The molecule has 0 spiro atoms. The quantitative estimate of drug-likeness (QED) is 0.857. The van der Waals surface area contributed by atoms with E-state index >= 15 is 0 Å². The predicted octanol–water partition coefficient (Wildman–Crippen LogP) is 1.05. The zero-order valence-electron chi connectivity index (χ0n) is 9.17. The highest BCUT2D eigenvalue weighted by atomic mass is 19.1. The SMILES string of the molecule is Fc1ccc(-n2nnnc2CNC2CC2)cc1. The number of hydrogen-bond donors (Lipinski definition) is 1. The zero-order chi connectivity index (χ0) is 11.7. The van der Waals surface area contributed by atoms with Crippen molar-refractivity contribution in [3.05, 3.63) is 35.9 Å². The minimum absolute atomic E-state index is 0.264. The third-order valence-corrected chi connectivity index (χ3v) is 2.73. The van der Waals surface area contributed by atoms with Crippen LogP contribution in [-0.4, -0.2) is 26.2 Å². The smallest absolute Gasteiger partial charge is 0.170 e. The van der Waals surface area contributed by atoms with Gasteiger partial charge in [-0.15, -0.1) is 5.10 Å². The van der Waals surface area contributed by atoms with E-state index in [4.69, 9.17) is 0 Å². The molecular weight excluding hydrogens is 221 g/mol. The first-order chi connectivity index (χ1) is 8.33. The largest absolute Gasteiger partial charge is 0.307 e. The van der Waals surface area contributed by atoms with Crippen molar-refractivity contribution in [3.63, 3.8) is 0 Å². The van der Waals surface area contributed by atoms with Crippen LogP contribution in [0.3, 0.4) is 0 Å². The van der Waals surface area contributed by atoms with Crippen LogP contribution in [0.25, 0.3) is 5.69 Å². The highest BCUT2D eigenvalue weighted by Gasteiger charge is 2.21. The van der Waals surface area contributed by atoms with Gasteiger partial charge in [0.05, 0.1) is 12.2 Å². The molecule has 1 aliphatic carbocycles. The molecule has 0 saturated heterocycles. The van der Waals surface area contributed by atoms with Gasteiger partial charge in [0, 0.05) is 6.04 Å². The topological polar surface area (TPSA) is 55.6 Å². The second kappa shape index (κ2) is 4.21. The number of hydrogen-bond acceptors (Lipinski definition) is 4. The van der Waals surface area contributed by atoms with E-state index in [1.165, 1.54) is 25.0 Å². The summed E-state index contributed by atoms with van der Waals surface area (Å²) in [5.41, 5.74) is 0.768. The van der Waals surface area contributed by atoms with Gasteiger partial charge in [0.25, 0.3) is 0 Å². The van der Waals surface area contributed by atoms with Gasteiger partial charge >= 0.3 is 0 Å². The predicted molar refractivity (Wildman–Crippen MR) is 59.0 cm³/mol. The molecule has 5 nitrogen and oxygen atoms in total. The van der Waals surface area contributed by atoms with Crippen molar-refractivity contribution in [3.8, 4) is 5.69 Å². The van der Waals surface area contributed by atoms with Crippen LogP contribution in [0.5, 0.6) is 0 Å². The fourth-order valence-corrected chi connectivity index (χ4v) is 1.62. The average molecular weight is 233 g/mol. The highest BCUT2D eigenvalue weighted by Crippen LogP contribution is 2.19. The Morgan fingerprint density at radius 1 is 1.29 bits per heavy atom. The van der Waals surface area contributed by atoms with Gasteiger partial charge in [-0.1, -0.05) is 0 Å². The summed E-state index contributed by atoms with van der Waals surface area (Å²) in [4.78, 5) is 0. The minimum Gasteiger partial charge on any atom is -0.307 e. The first kappa shape index (κ1) is 10.3. The van der Waals surface area contributed by atoms with E-state index in [2.05, 4.69) is 20.8 Å². The molecule has 0 aliphatic heterocycles. The lowest BCUT2D eigenvalue weighted by atomic mass is 10.3. The second-order valence-electron chi connectivity index (χ2n) is 4.14. The fraction of sp³-hybridized carbons (Fsp3) is 0.364. The van der Waals surface area contributed by atoms with Gasteiger partial charge in [0.2, 0.25) is 0 Å². The summed E-state index contributed by atoms with van der Waals surface area (Å²) in [6, 6.07) is 6.72. The molecule has 1 aromatic carbocycles. The van der Waals surface area contributed by atoms with E-state index < -0.39 is 0 Å². The van der Waals surface area contributed by atoms with E-state index in [0.29, 0.717) is 12.6 Å². The molecular formula is C11H12FN5. The van der Waals surface area contributed by atoms with Crippen LogP contribution in [-0.2, 0) is 6.54 Å². The Morgan fingerprint density at radius 2 is 2.06 bits per heavy atom. The summed E-state index contributed by atoms with van der Waals surface area (Å²) in [6.45, 7) is 0.634. The van der Waals surface area contributed by atoms with Crippen molar-refractivity contribution in [2.24, 2.45) is 0 Å². The maximum Gasteiger partial charge on any atom is 0.170 e. The Hall–Kier alpha value is -1.82. The van der Waals surface area contributed by atoms with Crippen LogP contribution in [0.4, 0.5) is 4.39 Å². The molecule has 17 heavy (non-hydrogen) atoms. The van der Waals surface area contributed by atoms with Gasteiger partial charge in [-0.05, 0) is 47.5 Å². The van der Waals surface area contributed by atoms with Crippen molar-refractivity contribution in [2.45, 2.75) is 25.4 Å². The molecule has 0 unspecified atom stereocenters. The summed E-state index contributed by atoms with van der Waals surface area (Å²) in [5.74, 6) is 0.475. The van der Waals surface area contributed by atoms with E-state index in [-0.39, 0.29) is 5.82 Å². The molecule has 2 aromatic rings. The van der Waals surface area contributed by atoms with Crippen molar-refractivity contribution >= 4 is 0 Å². The monoisotopic (exact) mass is 233 g/mol. The van der Waals surface area contributed by atoms with Gasteiger partial charge in [0.1, 0.15) is 5.82 Å². The van der Waals surface area contributed by atoms with Crippen molar-refractivity contribution in [1.29, 1.82) is 0 Å². The Kier molecular flexibility index (Phi) is 2.56. The second-order valence-corrected chi connectivity index (χ2v) is 4.14. The maximum absolute atomic E-state index is 12.8. The molecule has 1 aromatic heterocycles. The van der Waals surface area contributed by atoms with E-state index in [1.807, 2.05) is 0 Å². The van der Waals surface area contributed by atoms with E-state index in [0.717, 1.165) is 11.5 Å². The first-order valence-electron chi connectivity index (χ1n) is 5.59. The molecule has 0 radical (unpaired) electrons.